The molecule has 8 heteroatoms. The summed E-state index contributed by atoms with van der Waals surface area (Å²) in [6.45, 7) is 4.29. The van der Waals surface area contributed by atoms with Crippen LogP contribution < -0.4 is 10.7 Å². The lowest BCUT2D eigenvalue weighted by Crippen LogP contribution is -2.56. The SMILES string of the molecule is CCn1cc(C(=O)O)c(=O)c2cc(F)c(C34CCC(CC3)C3CN4CCN3)c(F)c21. The van der Waals surface area contributed by atoms with Crippen LogP contribution in [0.15, 0.2) is 17.1 Å². The van der Waals surface area contributed by atoms with Crippen LogP contribution in [-0.2, 0) is 12.1 Å². The Morgan fingerprint density at radius 1 is 1.33 bits per heavy atom. The van der Waals surface area contributed by atoms with E-state index in [-0.39, 0.29) is 23.0 Å². The number of rotatable bonds is 3. The molecular weight excluding hydrogens is 392 g/mol. The van der Waals surface area contributed by atoms with Gasteiger partial charge in [0.05, 0.1) is 16.4 Å². The summed E-state index contributed by atoms with van der Waals surface area (Å²) in [6, 6.07) is 1.40. The number of carboxylic acid groups (broad SMARTS) is 1. The number of carboxylic acids is 1. The molecule has 1 saturated carbocycles. The number of nitrogens with zero attached hydrogens (tertiary/aromatic N) is 2. The van der Waals surface area contributed by atoms with E-state index in [4.69, 9.17) is 0 Å². The first kappa shape index (κ1) is 19.6. The second kappa shape index (κ2) is 6.85. The summed E-state index contributed by atoms with van der Waals surface area (Å²) in [5.41, 5.74) is -2.02. The first-order valence-corrected chi connectivity index (χ1v) is 10.6. The molecule has 1 aromatic carbocycles. The predicted octanol–water partition coefficient (Wildman–Crippen LogP) is 2.67. The van der Waals surface area contributed by atoms with Gasteiger partial charge >= 0.3 is 5.97 Å². The Labute approximate surface area is 172 Å². The molecule has 6 nitrogen and oxygen atoms in total. The average Bonchev–Trinajstić information content (AvgIpc) is 2.90. The van der Waals surface area contributed by atoms with Gasteiger partial charge < -0.3 is 15.0 Å². The van der Waals surface area contributed by atoms with Crippen LogP contribution in [-0.4, -0.2) is 46.2 Å². The molecule has 30 heavy (non-hydrogen) atoms. The molecule has 0 amide bonds. The molecule has 0 radical (unpaired) electrons. The molecule has 3 aliphatic heterocycles. The van der Waals surface area contributed by atoms with Gasteiger partial charge in [-0.05, 0) is 44.6 Å². The number of benzene rings is 1. The molecule has 4 bridgehead atoms. The summed E-state index contributed by atoms with van der Waals surface area (Å²) < 4.78 is 33.0. The van der Waals surface area contributed by atoms with Crippen LogP contribution in [0, 0.1) is 17.6 Å². The van der Waals surface area contributed by atoms with Gasteiger partial charge in [0.2, 0.25) is 5.43 Å². The van der Waals surface area contributed by atoms with Crippen molar-refractivity contribution in [2.24, 2.45) is 5.92 Å². The average molecular weight is 417 g/mol. The molecule has 1 aliphatic carbocycles. The maximum absolute atomic E-state index is 16.1. The van der Waals surface area contributed by atoms with Gasteiger partial charge in [0.25, 0.3) is 0 Å². The number of pyridine rings is 1. The highest BCUT2D eigenvalue weighted by Gasteiger charge is 2.51. The van der Waals surface area contributed by atoms with Gasteiger partial charge in [0, 0.05) is 44.0 Å². The normalized spacial score (nSPS) is 30.4. The zero-order valence-corrected chi connectivity index (χ0v) is 16.9. The fourth-order valence-electron chi connectivity index (χ4n) is 6.04. The van der Waals surface area contributed by atoms with Crippen LogP contribution >= 0.6 is 0 Å². The zero-order valence-electron chi connectivity index (χ0n) is 16.9. The second-order valence-electron chi connectivity index (χ2n) is 8.78. The minimum Gasteiger partial charge on any atom is -0.477 e. The third-order valence-corrected chi connectivity index (χ3v) is 7.53. The van der Waals surface area contributed by atoms with E-state index in [9.17, 15) is 14.7 Å². The largest absolute Gasteiger partial charge is 0.477 e. The number of halogens is 2. The van der Waals surface area contributed by atoms with Crippen LogP contribution in [0.3, 0.4) is 0 Å². The van der Waals surface area contributed by atoms with Gasteiger partial charge in [-0.25, -0.2) is 13.6 Å². The molecule has 2 N–H and O–H groups in total. The summed E-state index contributed by atoms with van der Waals surface area (Å²) in [5, 5.41) is 12.7. The molecule has 3 saturated heterocycles. The Morgan fingerprint density at radius 3 is 2.73 bits per heavy atom. The Kier molecular flexibility index (Phi) is 4.48. The quantitative estimate of drug-likeness (QED) is 0.803. The molecule has 4 fully saturated rings. The number of hydrogen-bond donors (Lipinski definition) is 2. The monoisotopic (exact) mass is 417 g/mol. The summed E-state index contributed by atoms with van der Waals surface area (Å²) in [7, 11) is 0. The summed E-state index contributed by atoms with van der Waals surface area (Å²) in [6.07, 6.45) is 4.34. The van der Waals surface area contributed by atoms with Crippen LogP contribution in [0.5, 0.6) is 0 Å². The second-order valence-corrected chi connectivity index (χ2v) is 8.78. The molecule has 6 rings (SSSR count). The smallest absolute Gasteiger partial charge is 0.341 e. The Morgan fingerprint density at radius 2 is 2.07 bits per heavy atom. The first-order chi connectivity index (χ1) is 14.4. The molecule has 0 spiro atoms. The predicted molar refractivity (Wildman–Crippen MR) is 108 cm³/mol. The lowest BCUT2D eigenvalue weighted by atomic mass is 9.72. The Balaban J connectivity index is 1.79. The van der Waals surface area contributed by atoms with E-state index in [0.717, 1.165) is 38.5 Å². The fourth-order valence-corrected chi connectivity index (χ4v) is 6.04. The topological polar surface area (TPSA) is 74.6 Å². The van der Waals surface area contributed by atoms with Crippen molar-refractivity contribution in [2.45, 2.75) is 50.7 Å². The molecule has 160 valence electrons. The van der Waals surface area contributed by atoms with E-state index in [1.165, 1.54) is 10.8 Å². The maximum atomic E-state index is 16.1. The Bertz CT molecular complexity index is 1110. The summed E-state index contributed by atoms with van der Waals surface area (Å²) >= 11 is 0. The third kappa shape index (κ3) is 2.59. The van der Waals surface area contributed by atoms with Crippen molar-refractivity contribution in [3.63, 3.8) is 0 Å². The van der Waals surface area contributed by atoms with Crippen molar-refractivity contribution in [3.05, 3.63) is 45.2 Å². The first-order valence-electron chi connectivity index (χ1n) is 10.6. The van der Waals surface area contributed by atoms with Crippen molar-refractivity contribution in [1.82, 2.24) is 14.8 Å². The number of nitrogens with one attached hydrogen (secondary N) is 1. The van der Waals surface area contributed by atoms with Crippen LogP contribution in [0.1, 0.15) is 48.5 Å². The number of carbonyl (C=O) groups is 1. The highest BCUT2D eigenvalue weighted by atomic mass is 19.1. The van der Waals surface area contributed by atoms with E-state index in [1.54, 1.807) is 6.92 Å². The summed E-state index contributed by atoms with van der Waals surface area (Å²) in [5.74, 6) is -2.36. The lowest BCUT2D eigenvalue weighted by Gasteiger charge is -2.46. The van der Waals surface area contributed by atoms with Gasteiger partial charge in [-0.15, -0.1) is 0 Å². The van der Waals surface area contributed by atoms with Crippen molar-refractivity contribution < 1.29 is 18.7 Å². The van der Waals surface area contributed by atoms with Crippen molar-refractivity contribution in [1.29, 1.82) is 0 Å². The van der Waals surface area contributed by atoms with Crippen LogP contribution in [0.2, 0.25) is 0 Å². The number of fused-ring (bicyclic) bond motifs is 3. The van der Waals surface area contributed by atoms with Gasteiger partial charge in [-0.3, -0.25) is 9.69 Å². The zero-order chi connectivity index (χ0) is 21.2. The van der Waals surface area contributed by atoms with E-state index < -0.39 is 34.1 Å². The molecule has 2 unspecified atom stereocenters. The van der Waals surface area contributed by atoms with E-state index >= 15 is 8.78 Å². The number of hydrogen-bond acceptors (Lipinski definition) is 4. The molecular formula is C22H25F2N3O3. The van der Waals surface area contributed by atoms with E-state index in [1.807, 2.05) is 0 Å². The third-order valence-electron chi connectivity index (χ3n) is 7.53. The maximum Gasteiger partial charge on any atom is 0.341 e. The summed E-state index contributed by atoms with van der Waals surface area (Å²) in [4.78, 5) is 26.4. The van der Waals surface area contributed by atoms with Crippen molar-refractivity contribution in [2.75, 3.05) is 19.6 Å². The molecule has 4 aliphatic rings. The Hall–Kier alpha value is -2.32. The fraction of sp³-hybridized carbons (Fsp3) is 0.545. The van der Waals surface area contributed by atoms with Gasteiger partial charge in [0.1, 0.15) is 11.4 Å². The standard InChI is InChI=1S/C22H25F2N3O3/c1-2-26-10-14(21(29)30)20(28)13-9-15(23)17(18(24)19(13)26)22-5-3-12(4-6-22)16-11-27(22)8-7-25-16/h9-10,12,16,25H,2-8,11H2,1H3,(H,29,30). The van der Waals surface area contributed by atoms with Gasteiger partial charge in [0.15, 0.2) is 5.82 Å². The van der Waals surface area contributed by atoms with Crippen LogP contribution in [0.25, 0.3) is 10.9 Å². The van der Waals surface area contributed by atoms with Crippen molar-refractivity contribution in [3.8, 4) is 0 Å². The van der Waals surface area contributed by atoms with Gasteiger partial charge in [-0.2, -0.15) is 0 Å². The minimum absolute atomic E-state index is 0.00340. The van der Waals surface area contributed by atoms with Crippen LogP contribution in [0.4, 0.5) is 8.78 Å². The highest BCUT2D eigenvalue weighted by molar-refractivity contribution is 5.93. The van der Waals surface area contributed by atoms with E-state index in [2.05, 4.69) is 10.2 Å². The number of aryl methyl sites for hydroxylation is 1. The van der Waals surface area contributed by atoms with Gasteiger partial charge in [-0.1, -0.05) is 0 Å². The highest BCUT2D eigenvalue weighted by Crippen LogP contribution is 2.50. The molecule has 1 aromatic heterocycles. The molecule has 2 aromatic rings. The number of aromatic nitrogens is 1. The van der Waals surface area contributed by atoms with Crippen molar-refractivity contribution >= 4 is 16.9 Å². The molecule has 4 heterocycles. The minimum atomic E-state index is -1.40. The number of aromatic carboxylic acids is 1. The number of piperazine rings is 1. The van der Waals surface area contributed by atoms with E-state index in [0.29, 0.717) is 24.8 Å². The lowest BCUT2D eigenvalue weighted by molar-refractivity contribution is 0.0533. The molecule has 2 atom stereocenters.